The lowest BCUT2D eigenvalue weighted by Gasteiger charge is -2.08. The van der Waals surface area contributed by atoms with Crippen LogP contribution in [0.5, 0.6) is 0 Å². The second kappa shape index (κ2) is 5.92. The number of carboxylic acid groups (broad SMARTS) is 1. The predicted octanol–water partition coefficient (Wildman–Crippen LogP) is 1.82. The van der Waals surface area contributed by atoms with Crippen molar-refractivity contribution in [3.8, 4) is 0 Å². The van der Waals surface area contributed by atoms with Gasteiger partial charge in [-0.1, -0.05) is 18.2 Å². The summed E-state index contributed by atoms with van der Waals surface area (Å²) in [6, 6.07) is 9.02. The van der Waals surface area contributed by atoms with Gasteiger partial charge in [0.1, 0.15) is 5.82 Å². The zero-order valence-electron chi connectivity index (χ0n) is 11.3. The van der Waals surface area contributed by atoms with E-state index < -0.39 is 16.0 Å². The van der Waals surface area contributed by atoms with E-state index in [1.165, 1.54) is 24.3 Å². The van der Waals surface area contributed by atoms with E-state index in [4.69, 9.17) is 5.11 Å². The number of anilines is 1. The fourth-order valence-corrected chi connectivity index (χ4v) is 2.69. The molecular formula is C14H14N2O4S. The molecule has 0 bridgehead atoms. The molecule has 6 nitrogen and oxygen atoms in total. The normalized spacial score (nSPS) is 11.1. The van der Waals surface area contributed by atoms with E-state index in [-0.39, 0.29) is 17.1 Å². The van der Waals surface area contributed by atoms with Gasteiger partial charge in [0.15, 0.2) is 0 Å². The molecule has 2 rings (SSSR count). The highest BCUT2D eigenvalue weighted by Crippen LogP contribution is 2.15. The minimum Gasteiger partial charge on any atom is -0.481 e. The van der Waals surface area contributed by atoms with Crippen LogP contribution < -0.4 is 4.72 Å². The van der Waals surface area contributed by atoms with Crippen LogP contribution >= 0.6 is 0 Å². The predicted molar refractivity (Wildman–Crippen MR) is 77.6 cm³/mol. The molecule has 0 unspecified atom stereocenters. The number of aryl methyl sites for hydroxylation is 1. The number of sulfonamides is 1. The van der Waals surface area contributed by atoms with Gasteiger partial charge in [-0.3, -0.25) is 9.52 Å². The smallest absolute Gasteiger partial charge is 0.307 e. The second-order valence-corrected chi connectivity index (χ2v) is 6.22. The van der Waals surface area contributed by atoms with E-state index >= 15 is 0 Å². The highest BCUT2D eigenvalue weighted by atomic mass is 32.2. The molecule has 0 aliphatic heterocycles. The molecule has 0 atom stereocenters. The molecule has 1 heterocycles. The summed E-state index contributed by atoms with van der Waals surface area (Å²) in [6.45, 7) is 1.85. The average molecular weight is 306 g/mol. The third kappa shape index (κ3) is 4.03. The van der Waals surface area contributed by atoms with E-state index in [0.29, 0.717) is 5.56 Å². The quantitative estimate of drug-likeness (QED) is 0.878. The van der Waals surface area contributed by atoms with E-state index in [1.54, 1.807) is 18.3 Å². The van der Waals surface area contributed by atoms with E-state index in [1.807, 2.05) is 6.92 Å². The zero-order valence-corrected chi connectivity index (χ0v) is 12.1. The number of nitrogens with one attached hydrogen (secondary N) is 1. The molecule has 0 aliphatic rings. The van der Waals surface area contributed by atoms with Gasteiger partial charge in [-0.2, -0.15) is 0 Å². The van der Waals surface area contributed by atoms with E-state index in [0.717, 1.165) is 5.56 Å². The van der Waals surface area contributed by atoms with Crippen molar-refractivity contribution in [1.82, 2.24) is 4.98 Å². The molecule has 0 fully saturated rings. The number of hydrogen-bond donors (Lipinski definition) is 2. The number of pyridine rings is 1. The minimum absolute atomic E-state index is 0.0546. The minimum atomic E-state index is -3.73. The fraction of sp³-hybridized carbons (Fsp3) is 0.143. The summed E-state index contributed by atoms with van der Waals surface area (Å²) in [7, 11) is -3.73. The number of hydrogen-bond acceptors (Lipinski definition) is 4. The standard InChI is InChI=1S/C14H14N2O4S/c1-10-2-7-13(15-9-10)16-21(19,20)12-5-3-11(4-6-12)8-14(17)18/h2-7,9H,8H2,1H3,(H,15,16)(H,17,18). The summed E-state index contributed by atoms with van der Waals surface area (Å²) in [6.07, 6.45) is 1.42. The van der Waals surface area contributed by atoms with Crippen LogP contribution in [-0.2, 0) is 21.2 Å². The topological polar surface area (TPSA) is 96.4 Å². The highest BCUT2D eigenvalue weighted by Gasteiger charge is 2.14. The third-order valence-corrected chi connectivity index (χ3v) is 4.11. The Kier molecular flexibility index (Phi) is 4.23. The van der Waals surface area contributed by atoms with Crippen LogP contribution in [-0.4, -0.2) is 24.5 Å². The Bertz CT molecular complexity index is 738. The number of aliphatic carboxylic acids is 1. The van der Waals surface area contributed by atoms with Gasteiger partial charge in [-0.25, -0.2) is 13.4 Å². The van der Waals surface area contributed by atoms with Gasteiger partial charge in [0, 0.05) is 6.20 Å². The van der Waals surface area contributed by atoms with Gasteiger partial charge in [-0.05, 0) is 36.2 Å². The first-order valence-corrected chi connectivity index (χ1v) is 7.61. The first-order valence-electron chi connectivity index (χ1n) is 6.13. The van der Waals surface area contributed by atoms with Gasteiger partial charge < -0.3 is 5.11 Å². The first-order chi connectivity index (χ1) is 9.87. The lowest BCUT2D eigenvalue weighted by molar-refractivity contribution is -0.136. The van der Waals surface area contributed by atoms with Crippen molar-refractivity contribution in [3.63, 3.8) is 0 Å². The fourth-order valence-electron chi connectivity index (χ4n) is 1.69. The Hall–Kier alpha value is -2.41. The maximum Gasteiger partial charge on any atom is 0.307 e. The van der Waals surface area contributed by atoms with E-state index in [9.17, 15) is 13.2 Å². The van der Waals surface area contributed by atoms with Gasteiger partial charge in [0.05, 0.1) is 11.3 Å². The number of benzene rings is 1. The largest absolute Gasteiger partial charge is 0.481 e. The molecule has 2 aromatic rings. The number of carboxylic acids is 1. The summed E-state index contributed by atoms with van der Waals surface area (Å²) < 4.78 is 26.7. The zero-order chi connectivity index (χ0) is 15.5. The lowest BCUT2D eigenvalue weighted by atomic mass is 10.2. The molecule has 2 N–H and O–H groups in total. The van der Waals surface area contributed by atoms with Crippen LogP contribution in [0.2, 0.25) is 0 Å². The molecule has 21 heavy (non-hydrogen) atoms. The van der Waals surface area contributed by atoms with Gasteiger partial charge >= 0.3 is 5.97 Å². The van der Waals surface area contributed by atoms with Crippen molar-refractivity contribution in [1.29, 1.82) is 0 Å². The molecule has 1 aromatic carbocycles. The number of nitrogens with zero attached hydrogens (tertiary/aromatic N) is 1. The van der Waals surface area contributed by atoms with Crippen molar-refractivity contribution in [3.05, 3.63) is 53.7 Å². The Morgan fingerprint density at radius 2 is 1.86 bits per heavy atom. The highest BCUT2D eigenvalue weighted by molar-refractivity contribution is 7.92. The van der Waals surface area contributed by atoms with Gasteiger partial charge in [-0.15, -0.1) is 0 Å². The average Bonchev–Trinajstić information content (AvgIpc) is 2.41. The molecule has 110 valence electrons. The molecule has 0 radical (unpaired) electrons. The summed E-state index contributed by atoms with van der Waals surface area (Å²) >= 11 is 0. The lowest BCUT2D eigenvalue weighted by Crippen LogP contribution is -2.14. The van der Waals surface area contributed by atoms with Crippen LogP contribution in [0.3, 0.4) is 0 Å². The third-order valence-electron chi connectivity index (χ3n) is 2.74. The van der Waals surface area contributed by atoms with Gasteiger partial charge in [0.2, 0.25) is 0 Å². The van der Waals surface area contributed by atoms with Crippen molar-refractivity contribution < 1.29 is 18.3 Å². The maximum absolute atomic E-state index is 12.2. The first kappa shape index (κ1) is 15.0. The van der Waals surface area contributed by atoms with Crippen LogP contribution in [0.15, 0.2) is 47.5 Å². The van der Waals surface area contributed by atoms with Crippen LogP contribution in [0.4, 0.5) is 5.82 Å². The summed E-state index contributed by atoms with van der Waals surface area (Å²) in [5, 5.41) is 8.67. The summed E-state index contributed by atoms with van der Waals surface area (Å²) in [4.78, 5) is 14.6. The summed E-state index contributed by atoms with van der Waals surface area (Å²) in [5.74, 6) is -0.734. The number of aromatic nitrogens is 1. The molecule has 0 spiro atoms. The molecule has 0 saturated heterocycles. The number of carbonyl (C=O) groups is 1. The second-order valence-electron chi connectivity index (χ2n) is 4.54. The molecule has 0 amide bonds. The van der Waals surface area contributed by atoms with Crippen LogP contribution in [0.1, 0.15) is 11.1 Å². The van der Waals surface area contributed by atoms with Crippen LogP contribution in [0.25, 0.3) is 0 Å². The molecule has 0 aliphatic carbocycles. The van der Waals surface area contributed by atoms with Crippen LogP contribution in [0, 0.1) is 6.92 Å². The van der Waals surface area contributed by atoms with Crippen molar-refractivity contribution in [2.75, 3.05) is 4.72 Å². The molecular weight excluding hydrogens is 292 g/mol. The van der Waals surface area contributed by atoms with E-state index in [2.05, 4.69) is 9.71 Å². The molecule has 7 heteroatoms. The molecule has 0 saturated carbocycles. The molecule has 1 aromatic heterocycles. The Labute approximate surface area is 122 Å². The van der Waals surface area contributed by atoms with Crippen molar-refractivity contribution in [2.24, 2.45) is 0 Å². The van der Waals surface area contributed by atoms with Crippen molar-refractivity contribution in [2.45, 2.75) is 18.2 Å². The maximum atomic E-state index is 12.2. The Balaban J connectivity index is 2.19. The Morgan fingerprint density at radius 3 is 2.38 bits per heavy atom. The number of rotatable bonds is 5. The summed E-state index contributed by atoms with van der Waals surface area (Å²) in [5.41, 5.74) is 1.46. The monoisotopic (exact) mass is 306 g/mol. The Morgan fingerprint density at radius 1 is 1.19 bits per heavy atom. The SMILES string of the molecule is Cc1ccc(NS(=O)(=O)c2ccc(CC(=O)O)cc2)nc1. The van der Waals surface area contributed by atoms with Crippen molar-refractivity contribution >= 4 is 21.8 Å². The van der Waals surface area contributed by atoms with Gasteiger partial charge in [0.25, 0.3) is 10.0 Å².